The van der Waals surface area contributed by atoms with E-state index >= 15 is 0 Å². The Bertz CT molecular complexity index is 2190. The summed E-state index contributed by atoms with van der Waals surface area (Å²) in [5.74, 6) is 0. The molecule has 21 saturated heterocycles. The predicted molar refractivity (Wildman–Crippen MR) is 320 cm³/mol. The van der Waals surface area contributed by atoms with E-state index in [9.17, 15) is 76.6 Å². The zero-order chi connectivity index (χ0) is 64.8. The van der Waals surface area contributed by atoms with E-state index in [1.807, 2.05) is 0 Å². The molecule has 0 aliphatic carbocycles. The van der Waals surface area contributed by atoms with Crippen LogP contribution in [0, 0.1) is 0 Å². The molecule has 40 heteroatoms. The summed E-state index contributed by atoms with van der Waals surface area (Å²) >= 11 is 26.6. The fourth-order valence-corrected chi connectivity index (χ4v) is 16.1. The Hall–Kier alpha value is 2.56. The molecule has 89 heavy (non-hydrogen) atoms. The lowest BCUT2D eigenvalue weighted by Gasteiger charge is -2.51. The van der Waals surface area contributed by atoms with Gasteiger partial charge in [-0.2, -0.15) is 0 Å². The zero-order valence-electron chi connectivity index (χ0n) is 46.4. The van der Waals surface area contributed by atoms with Crippen molar-refractivity contribution in [3.05, 3.63) is 0 Å². The largest absolute Gasteiger partial charge is 0.387 e. The molecule has 0 aromatic heterocycles. The van der Waals surface area contributed by atoms with Gasteiger partial charge in [0.1, 0.15) is 146 Å². The molecule has 15 N–H and O–H groups in total. The van der Waals surface area contributed by atoms with Gasteiger partial charge in [-0.1, -0.05) is 127 Å². The molecule has 16 bridgehead atoms. The molecule has 0 saturated carbocycles. The van der Waals surface area contributed by atoms with Gasteiger partial charge in [0.15, 0.2) is 50.3 Å². The molecule has 0 spiro atoms. The highest BCUT2D eigenvalue weighted by Gasteiger charge is 2.60. The standard InChI is InChI=1S/C49H74Br8O32/c1-73-41-32(72)40-17(9-57)81-49(41)89-39-16(8-56)80-47(31(71)24(39)64)87-37-14(6-54)78-45(29(69)22(37)62)85-35-12(4-52)76-43(27(67)20(35)60)83-33-10(2-50)74-42(25(65)18(33)58)82-34-11(3-51)75-44(26(66)19(34)59)84-36-13(5-53)77-46(28(68)21(36)61)86-38-15(7-55)79-48(88-40)30(70)23(38)63/h10-49,58-72H,2-9H2,1H3/t10-,11-,12-,13-,14-,15-,16-,17-,18-,19-,20-,21-,22-,23-,24-,25-,26-,27-,28-,29-,30-,31-,32+,33-,34-,35-,36-,37-,38-,39-,40-,41+,42-,43-,44-,45-,46-,47-,48-,49-/m1/s1. The van der Waals surface area contributed by atoms with Crippen molar-refractivity contribution in [3.8, 4) is 0 Å². The van der Waals surface area contributed by atoms with Crippen LogP contribution in [0.1, 0.15) is 0 Å². The maximum atomic E-state index is 11.9. The number of hydrogen-bond donors (Lipinski definition) is 15. The van der Waals surface area contributed by atoms with Gasteiger partial charge in [0.05, 0.1) is 48.8 Å². The van der Waals surface area contributed by atoms with E-state index in [4.69, 9.17) is 80.5 Å². The van der Waals surface area contributed by atoms with Crippen LogP contribution < -0.4 is 0 Å². The maximum Gasteiger partial charge on any atom is 0.187 e. The quantitative estimate of drug-likeness (QED) is 0.0958. The minimum atomic E-state index is -1.98. The molecule has 21 aliphatic heterocycles. The number of hydrogen-bond acceptors (Lipinski definition) is 32. The summed E-state index contributed by atoms with van der Waals surface area (Å²) in [6.45, 7) is 0. The molecular formula is C49H74Br8O32. The van der Waals surface area contributed by atoms with Crippen molar-refractivity contribution in [1.82, 2.24) is 0 Å². The van der Waals surface area contributed by atoms with Gasteiger partial charge < -0.3 is 157 Å². The predicted octanol–water partition coefficient (Wildman–Crippen LogP) is -5.53. The highest BCUT2D eigenvalue weighted by atomic mass is 79.9. The molecule has 0 radical (unpaired) electrons. The summed E-state index contributed by atoms with van der Waals surface area (Å²) in [4.78, 5) is 0. The van der Waals surface area contributed by atoms with Crippen molar-refractivity contribution < 1.29 is 157 Å². The topological polar surface area (TPSA) is 460 Å². The lowest BCUT2D eigenvalue weighted by atomic mass is 9.95. The number of methoxy groups -OCH3 is 1. The Labute approximate surface area is 575 Å². The van der Waals surface area contributed by atoms with E-state index in [1.54, 1.807) is 0 Å². The van der Waals surface area contributed by atoms with E-state index in [-0.39, 0.29) is 42.6 Å². The van der Waals surface area contributed by atoms with Gasteiger partial charge in [0.25, 0.3) is 0 Å². The van der Waals surface area contributed by atoms with Gasteiger partial charge in [-0.25, -0.2) is 0 Å². The van der Waals surface area contributed by atoms with Gasteiger partial charge >= 0.3 is 0 Å². The van der Waals surface area contributed by atoms with Crippen LogP contribution in [0.3, 0.4) is 0 Å². The Balaban J connectivity index is 0.982. The van der Waals surface area contributed by atoms with Crippen LogP contribution in [-0.4, -0.2) is 372 Å². The Morgan fingerprint density at radius 1 is 0.202 bits per heavy atom. The summed E-state index contributed by atoms with van der Waals surface area (Å²) in [6.07, 6.45) is -65.8. The Morgan fingerprint density at radius 2 is 0.337 bits per heavy atom. The third kappa shape index (κ3) is 15.7. The Kier molecular flexibility index (Phi) is 28.4. The van der Waals surface area contributed by atoms with E-state index in [2.05, 4.69) is 127 Å². The first-order chi connectivity index (χ1) is 42.4. The number of aliphatic hydroxyl groups is 15. The van der Waals surface area contributed by atoms with Crippen LogP contribution in [0.25, 0.3) is 0 Å². The van der Waals surface area contributed by atoms with Crippen LogP contribution in [0.2, 0.25) is 0 Å². The first-order valence-corrected chi connectivity index (χ1v) is 37.1. The Morgan fingerprint density at radius 3 is 0.483 bits per heavy atom. The van der Waals surface area contributed by atoms with Crippen LogP contribution in [0.5, 0.6) is 0 Å². The second-order valence-electron chi connectivity index (χ2n) is 22.4. The van der Waals surface area contributed by atoms with Crippen molar-refractivity contribution >= 4 is 127 Å². The SMILES string of the molecule is CO[C@@H]1[C@H]2O[C@H]3[C@H](O)[C@@H](O)[C@@H](O[C@H]4[C@H](O)[C@@H](O)[C@@H](O[C@H]5[C@H](O)[C@@H](O)[C@@H](O[C@H]6[C@H](O)[C@@H](O)[C@@H](O[C@H]7[C@H](O)[C@@H](O)[C@@H](O[C@H]8[C@H](O)[C@@H](O)[C@@H](O[C@H]9[C@H](O)[C@@H](O)[C@@H](O[C@@H]([C@@H]1O)[C@@H](CBr)O2)O[C@@H]9CBr)O[C@@H]8CBr)O[C@@H]7CBr)O[C@@H]6CBr)O[C@@H]5CBr)O[C@@H]4CBr)O[C@@H]3CBr. The number of halogens is 8. The lowest BCUT2D eigenvalue weighted by Crippen LogP contribution is -2.68. The molecule has 0 aromatic rings. The molecular weight excluding hydrogens is 1740 g/mol. The zero-order valence-corrected chi connectivity index (χ0v) is 59.1. The van der Waals surface area contributed by atoms with Crippen LogP contribution in [-0.2, 0) is 80.5 Å². The minimum Gasteiger partial charge on any atom is -0.387 e. The van der Waals surface area contributed by atoms with Crippen molar-refractivity contribution in [2.45, 2.75) is 246 Å². The molecule has 21 fully saturated rings. The third-order valence-corrected chi connectivity index (χ3v) is 22.0. The van der Waals surface area contributed by atoms with Gasteiger partial charge in [0.2, 0.25) is 0 Å². The monoisotopic (exact) mass is 1810 g/mol. The smallest absolute Gasteiger partial charge is 0.187 e. The number of alkyl halides is 8. The summed E-state index contributed by atoms with van der Waals surface area (Å²) in [5, 5.41) is 174. The fraction of sp³-hybridized carbons (Fsp3) is 1.00. The van der Waals surface area contributed by atoms with E-state index in [0.29, 0.717) is 0 Å². The molecule has 0 aromatic carbocycles. The summed E-state index contributed by atoms with van der Waals surface area (Å²) in [6, 6.07) is 0. The summed E-state index contributed by atoms with van der Waals surface area (Å²) in [5.41, 5.74) is 0. The number of rotatable bonds is 9. The van der Waals surface area contributed by atoms with Crippen molar-refractivity contribution in [2.75, 3.05) is 49.8 Å². The minimum absolute atomic E-state index is 0.0713. The molecule has 32 nitrogen and oxygen atoms in total. The van der Waals surface area contributed by atoms with E-state index in [1.165, 1.54) is 7.11 Å². The van der Waals surface area contributed by atoms with Gasteiger partial charge in [-0.3, -0.25) is 0 Å². The molecule has 40 atom stereocenters. The van der Waals surface area contributed by atoms with Gasteiger partial charge in [-0.15, -0.1) is 0 Å². The van der Waals surface area contributed by atoms with Crippen molar-refractivity contribution in [3.63, 3.8) is 0 Å². The van der Waals surface area contributed by atoms with Gasteiger partial charge in [0, 0.05) is 49.8 Å². The molecule has 21 aliphatic rings. The number of aliphatic hydroxyl groups excluding tert-OH is 15. The van der Waals surface area contributed by atoms with Crippen molar-refractivity contribution in [2.24, 2.45) is 0 Å². The lowest BCUT2D eigenvalue weighted by molar-refractivity contribution is -0.396. The summed E-state index contributed by atoms with van der Waals surface area (Å²) in [7, 11) is 1.21. The van der Waals surface area contributed by atoms with Crippen molar-refractivity contribution in [1.29, 1.82) is 0 Å². The van der Waals surface area contributed by atoms with E-state index in [0.717, 1.165) is 0 Å². The highest BCUT2D eigenvalue weighted by Crippen LogP contribution is 2.41. The molecule has 0 amide bonds. The second kappa shape index (κ2) is 33.4. The number of ether oxygens (including phenoxy) is 17. The average Bonchev–Trinajstić information content (AvgIpc) is 2.97. The van der Waals surface area contributed by atoms with E-state index < -0.39 is 246 Å². The first kappa shape index (κ1) is 75.8. The highest BCUT2D eigenvalue weighted by molar-refractivity contribution is 9.10. The molecule has 0 unspecified atom stereocenters. The summed E-state index contributed by atoms with van der Waals surface area (Å²) < 4.78 is 103. The van der Waals surface area contributed by atoms with Crippen LogP contribution in [0.15, 0.2) is 0 Å². The maximum absolute atomic E-state index is 11.9. The molecule has 21 heterocycles. The van der Waals surface area contributed by atoms with Crippen LogP contribution >= 0.6 is 127 Å². The fourth-order valence-electron chi connectivity index (χ4n) is 12.0. The third-order valence-electron chi connectivity index (χ3n) is 16.9. The average molecular weight is 1810 g/mol. The normalized spacial score (nSPS) is 54.9. The first-order valence-electron chi connectivity index (χ1n) is 28.1. The van der Waals surface area contributed by atoms with Gasteiger partial charge in [-0.05, 0) is 0 Å². The second-order valence-corrected chi connectivity index (χ2v) is 27.6. The molecule has 518 valence electrons. The van der Waals surface area contributed by atoms with Crippen LogP contribution in [0.4, 0.5) is 0 Å². The molecule has 21 rings (SSSR count).